The minimum Gasteiger partial charge on any atom is -0.480 e. The van der Waals surface area contributed by atoms with Gasteiger partial charge in [-0.15, -0.1) is 0 Å². The zero-order valence-corrected chi connectivity index (χ0v) is 8.46. The number of methoxy groups -OCH3 is 1. The molecule has 12 heavy (non-hydrogen) atoms. The van der Waals surface area contributed by atoms with Crippen LogP contribution in [0.25, 0.3) is 0 Å². The molecule has 0 amide bonds. The smallest absolute Gasteiger partial charge is 0.267 e. The first-order valence-electron chi connectivity index (χ1n) is 4.15. The third kappa shape index (κ3) is 1.65. The molecule has 1 aliphatic heterocycles. The molecule has 0 N–H and O–H groups in total. The van der Waals surface area contributed by atoms with E-state index in [1.807, 2.05) is 11.7 Å². The van der Waals surface area contributed by atoms with Crippen LogP contribution in [-0.2, 0) is 4.74 Å². The van der Waals surface area contributed by atoms with Crippen molar-refractivity contribution in [2.24, 2.45) is 16.4 Å². The van der Waals surface area contributed by atoms with Crippen LogP contribution in [-0.4, -0.2) is 31.0 Å². The molecule has 0 saturated carbocycles. The van der Waals surface area contributed by atoms with Crippen molar-refractivity contribution in [3.05, 3.63) is 0 Å². The first-order valence-corrected chi connectivity index (χ1v) is 4.15. The van der Waals surface area contributed by atoms with E-state index >= 15 is 0 Å². The lowest BCUT2D eigenvalue weighted by Gasteiger charge is -2.21. The summed E-state index contributed by atoms with van der Waals surface area (Å²) in [4.78, 5) is 0. The van der Waals surface area contributed by atoms with E-state index in [1.54, 1.807) is 7.11 Å². The van der Waals surface area contributed by atoms with Crippen LogP contribution >= 0.6 is 0 Å². The Morgan fingerprint density at radius 1 is 1.50 bits per heavy atom. The van der Waals surface area contributed by atoms with Crippen LogP contribution in [0.4, 0.5) is 0 Å². The molecule has 0 aromatic heterocycles. The second kappa shape index (κ2) is 2.88. The standard InChI is InChI=1S/C9H17N2O/c1-9(2,3)7-6-11(4)10-8(7)12-5/h6-7H,1-5H3/q+1. The highest BCUT2D eigenvalue weighted by atomic mass is 16.5. The predicted molar refractivity (Wildman–Crippen MR) is 49.6 cm³/mol. The van der Waals surface area contributed by atoms with Crippen molar-refractivity contribution >= 4 is 12.1 Å². The molecule has 1 heterocycles. The van der Waals surface area contributed by atoms with Crippen LogP contribution in [0, 0.1) is 11.3 Å². The van der Waals surface area contributed by atoms with E-state index in [4.69, 9.17) is 4.74 Å². The average molecular weight is 169 g/mol. The van der Waals surface area contributed by atoms with Gasteiger partial charge in [-0.25, -0.2) is 0 Å². The summed E-state index contributed by atoms with van der Waals surface area (Å²) in [6.07, 6.45) is 2.08. The van der Waals surface area contributed by atoms with E-state index in [0.29, 0.717) is 5.92 Å². The third-order valence-corrected chi connectivity index (χ3v) is 2.03. The fraction of sp³-hybridized carbons (Fsp3) is 0.778. The predicted octanol–water partition coefficient (Wildman–Crippen LogP) is 1.34. The van der Waals surface area contributed by atoms with Gasteiger partial charge in [-0.3, -0.25) is 0 Å². The molecule has 1 atom stereocenters. The van der Waals surface area contributed by atoms with Gasteiger partial charge < -0.3 is 4.74 Å². The Morgan fingerprint density at radius 3 is 2.42 bits per heavy atom. The molecular formula is C9H17N2O+. The molecule has 3 nitrogen and oxygen atoms in total. The molecule has 3 heteroatoms. The highest BCUT2D eigenvalue weighted by Crippen LogP contribution is 2.27. The molecule has 0 aromatic rings. The van der Waals surface area contributed by atoms with Gasteiger partial charge in [0.25, 0.3) is 5.90 Å². The first kappa shape index (κ1) is 9.23. The van der Waals surface area contributed by atoms with Crippen molar-refractivity contribution in [1.29, 1.82) is 0 Å². The monoisotopic (exact) mass is 169 g/mol. The van der Waals surface area contributed by atoms with Crippen LogP contribution in [0.3, 0.4) is 0 Å². The number of ether oxygens (including phenoxy) is 1. The van der Waals surface area contributed by atoms with E-state index in [-0.39, 0.29) is 5.41 Å². The van der Waals surface area contributed by atoms with E-state index in [2.05, 4.69) is 32.1 Å². The molecule has 68 valence electrons. The molecule has 0 aliphatic carbocycles. The van der Waals surface area contributed by atoms with Crippen molar-refractivity contribution < 1.29 is 9.42 Å². The fourth-order valence-corrected chi connectivity index (χ4v) is 1.29. The highest BCUT2D eigenvalue weighted by Gasteiger charge is 2.37. The zero-order valence-electron chi connectivity index (χ0n) is 8.46. The number of hydrogen-bond acceptors (Lipinski definition) is 2. The van der Waals surface area contributed by atoms with Gasteiger partial charge in [-0.05, 0) is 5.41 Å². The lowest BCUT2D eigenvalue weighted by Crippen LogP contribution is -2.28. The van der Waals surface area contributed by atoms with E-state index in [1.165, 1.54) is 0 Å². The molecule has 0 bridgehead atoms. The van der Waals surface area contributed by atoms with Gasteiger partial charge in [0.15, 0.2) is 13.3 Å². The topological polar surface area (TPSA) is 24.6 Å². The van der Waals surface area contributed by atoms with Gasteiger partial charge in [-0.1, -0.05) is 25.5 Å². The van der Waals surface area contributed by atoms with Crippen LogP contribution in [0.15, 0.2) is 5.10 Å². The SMILES string of the molecule is COC1=N[N+](C)=CC1C(C)(C)C. The summed E-state index contributed by atoms with van der Waals surface area (Å²) in [6, 6.07) is 0. The van der Waals surface area contributed by atoms with Gasteiger partial charge in [0.1, 0.15) is 5.92 Å². The van der Waals surface area contributed by atoms with Crippen molar-refractivity contribution in [3.63, 3.8) is 0 Å². The number of nitrogens with zero attached hydrogens (tertiary/aromatic N) is 2. The van der Waals surface area contributed by atoms with Gasteiger partial charge in [0.05, 0.1) is 7.11 Å². The molecule has 0 aromatic carbocycles. The molecule has 0 radical (unpaired) electrons. The lowest BCUT2D eigenvalue weighted by atomic mass is 9.81. The van der Waals surface area contributed by atoms with E-state index in [9.17, 15) is 0 Å². The Labute approximate surface area is 73.7 Å². The number of hydrazone groups is 1. The maximum absolute atomic E-state index is 5.20. The second-order valence-electron chi connectivity index (χ2n) is 4.21. The molecule has 0 spiro atoms. The number of rotatable bonds is 0. The minimum absolute atomic E-state index is 0.180. The van der Waals surface area contributed by atoms with Crippen LogP contribution in [0.2, 0.25) is 0 Å². The Kier molecular flexibility index (Phi) is 2.22. The third-order valence-electron chi connectivity index (χ3n) is 2.03. The van der Waals surface area contributed by atoms with Crippen molar-refractivity contribution in [3.8, 4) is 0 Å². The molecule has 0 saturated heterocycles. The van der Waals surface area contributed by atoms with E-state index in [0.717, 1.165) is 5.90 Å². The Balaban J connectivity index is 2.87. The summed E-state index contributed by atoms with van der Waals surface area (Å²) in [5, 5.41) is 4.23. The summed E-state index contributed by atoms with van der Waals surface area (Å²) < 4.78 is 7.01. The summed E-state index contributed by atoms with van der Waals surface area (Å²) in [5.74, 6) is 1.11. The molecule has 1 rings (SSSR count). The Hall–Kier alpha value is -0.860. The summed E-state index contributed by atoms with van der Waals surface area (Å²) in [5.41, 5.74) is 0.180. The van der Waals surface area contributed by atoms with E-state index < -0.39 is 0 Å². The van der Waals surface area contributed by atoms with Crippen LogP contribution in [0.1, 0.15) is 20.8 Å². The molecule has 0 fully saturated rings. The maximum atomic E-state index is 5.20. The van der Waals surface area contributed by atoms with Crippen LogP contribution in [0.5, 0.6) is 0 Å². The molecular weight excluding hydrogens is 152 g/mol. The summed E-state index contributed by atoms with van der Waals surface area (Å²) >= 11 is 0. The molecule has 1 unspecified atom stereocenters. The first-order chi connectivity index (χ1) is 5.45. The summed E-state index contributed by atoms with van der Waals surface area (Å²) in [7, 11) is 3.59. The maximum Gasteiger partial charge on any atom is 0.267 e. The molecule has 1 aliphatic rings. The minimum atomic E-state index is 0.180. The largest absolute Gasteiger partial charge is 0.480 e. The van der Waals surface area contributed by atoms with Crippen LogP contribution < -0.4 is 0 Å². The van der Waals surface area contributed by atoms with Crippen molar-refractivity contribution in [2.75, 3.05) is 14.2 Å². The van der Waals surface area contributed by atoms with Gasteiger partial charge in [0, 0.05) is 5.10 Å². The zero-order chi connectivity index (χ0) is 9.35. The second-order valence-corrected chi connectivity index (χ2v) is 4.21. The van der Waals surface area contributed by atoms with Crippen molar-refractivity contribution in [2.45, 2.75) is 20.8 Å². The quantitative estimate of drug-likeness (QED) is 0.502. The van der Waals surface area contributed by atoms with Gasteiger partial charge in [-0.2, -0.15) is 0 Å². The highest BCUT2D eigenvalue weighted by molar-refractivity contribution is 5.94. The Morgan fingerprint density at radius 2 is 2.08 bits per heavy atom. The normalized spacial score (nSPS) is 23.6. The Bertz CT molecular complexity index is 235. The fourth-order valence-electron chi connectivity index (χ4n) is 1.29. The van der Waals surface area contributed by atoms with Gasteiger partial charge in [0.2, 0.25) is 0 Å². The lowest BCUT2D eigenvalue weighted by molar-refractivity contribution is -0.496. The van der Waals surface area contributed by atoms with Gasteiger partial charge >= 0.3 is 0 Å². The number of hydrogen-bond donors (Lipinski definition) is 0. The van der Waals surface area contributed by atoms with Crippen molar-refractivity contribution in [1.82, 2.24) is 0 Å². The summed E-state index contributed by atoms with van der Waals surface area (Å²) in [6.45, 7) is 6.55. The average Bonchev–Trinajstić information content (AvgIpc) is 2.29.